The Morgan fingerprint density at radius 1 is 1.00 bits per heavy atom. The number of urea groups is 1. The number of nitrogens with two attached hydrogens (primary N) is 1. The first-order chi connectivity index (χ1) is 15.5. The standard InChI is InChI=1S/C23H21FN6O2/c1-2-32-21-20-19(29-23(30-21)26-13-14-3-7-16(24)8-4-14)12-11-18(28-20)15-5-9-17(10-6-15)27-22(25)31/h3-12H,2,13H2,1H3,(H3,25,27,31)(H,26,29,30). The van der Waals surface area contributed by atoms with E-state index >= 15 is 0 Å². The van der Waals surface area contributed by atoms with Crippen LogP contribution >= 0.6 is 0 Å². The number of amides is 2. The highest BCUT2D eigenvalue weighted by molar-refractivity contribution is 5.88. The van der Waals surface area contributed by atoms with E-state index in [2.05, 4.69) is 20.6 Å². The molecule has 0 unspecified atom stereocenters. The predicted octanol–water partition coefficient (Wildman–Crippen LogP) is 4.33. The van der Waals surface area contributed by atoms with Crippen molar-refractivity contribution in [3.05, 3.63) is 72.0 Å². The van der Waals surface area contributed by atoms with Crippen LogP contribution in [0, 0.1) is 5.82 Å². The summed E-state index contributed by atoms with van der Waals surface area (Å²) in [5.74, 6) is 0.477. The van der Waals surface area contributed by atoms with E-state index in [0.717, 1.165) is 11.1 Å². The molecule has 0 aliphatic rings. The Bertz CT molecular complexity index is 1250. The highest BCUT2D eigenvalue weighted by Crippen LogP contribution is 2.27. The van der Waals surface area contributed by atoms with Crippen LogP contribution in [0.3, 0.4) is 0 Å². The van der Waals surface area contributed by atoms with Crippen LogP contribution in [-0.2, 0) is 6.54 Å². The number of pyridine rings is 1. The number of nitrogens with one attached hydrogen (secondary N) is 2. The fourth-order valence-electron chi connectivity index (χ4n) is 3.11. The van der Waals surface area contributed by atoms with E-state index < -0.39 is 6.03 Å². The number of halogens is 1. The van der Waals surface area contributed by atoms with Crippen LogP contribution in [-0.4, -0.2) is 27.6 Å². The topological polar surface area (TPSA) is 115 Å². The molecule has 0 spiro atoms. The van der Waals surface area contributed by atoms with Crippen molar-refractivity contribution in [1.29, 1.82) is 0 Å². The molecule has 0 aliphatic carbocycles. The minimum atomic E-state index is -0.621. The Morgan fingerprint density at radius 3 is 2.44 bits per heavy atom. The number of fused-ring (bicyclic) bond motifs is 1. The zero-order chi connectivity index (χ0) is 22.5. The highest BCUT2D eigenvalue weighted by atomic mass is 19.1. The van der Waals surface area contributed by atoms with Gasteiger partial charge in [0.25, 0.3) is 0 Å². The third kappa shape index (κ3) is 4.89. The van der Waals surface area contributed by atoms with Crippen molar-refractivity contribution < 1.29 is 13.9 Å². The Morgan fingerprint density at radius 2 is 1.75 bits per heavy atom. The van der Waals surface area contributed by atoms with Crippen molar-refractivity contribution in [2.45, 2.75) is 13.5 Å². The van der Waals surface area contributed by atoms with Crippen LogP contribution < -0.4 is 21.1 Å². The zero-order valence-corrected chi connectivity index (χ0v) is 17.3. The molecular weight excluding hydrogens is 411 g/mol. The summed E-state index contributed by atoms with van der Waals surface area (Å²) in [6.07, 6.45) is 0. The Kier molecular flexibility index (Phi) is 6.07. The molecule has 2 amide bonds. The van der Waals surface area contributed by atoms with Gasteiger partial charge in [0.15, 0.2) is 5.52 Å². The number of aromatic nitrogens is 3. The van der Waals surface area contributed by atoms with Gasteiger partial charge in [0.2, 0.25) is 11.8 Å². The van der Waals surface area contributed by atoms with E-state index in [4.69, 9.17) is 15.5 Å². The first-order valence-corrected chi connectivity index (χ1v) is 9.98. The summed E-state index contributed by atoms with van der Waals surface area (Å²) in [5, 5.41) is 5.67. The first kappa shape index (κ1) is 21.0. The molecular formula is C23H21FN6O2. The van der Waals surface area contributed by atoms with E-state index in [1.165, 1.54) is 12.1 Å². The SMILES string of the molecule is CCOc1nc(NCc2ccc(F)cc2)nc2ccc(-c3ccc(NC(N)=O)cc3)nc12. The van der Waals surface area contributed by atoms with Crippen molar-refractivity contribution in [2.75, 3.05) is 17.2 Å². The van der Waals surface area contributed by atoms with Gasteiger partial charge in [0.1, 0.15) is 5.82 Å². The van der Waals surface area contributed by atoms with Gasteiger partial charge in [0.05, 0.1) is 17.8 Å². The number of carbonyl (C=O) groups excluding carboxylic acids is 1. The molecule has 8 nitrogen and oxygen atoms in total. The third-order valence-corrected chi connectivity index (χ3v) is 4.60. The van der Waals surface area contributed by atoms with E-state index in [0.29, 0.717) is 47.4 Å². The van der Waals surface area contributed by atoms with Crippen molar-refractivity contribution in [3.63, 3.8) is 0 Å². The number of anilines is 2. The Balaban J connectivity index is 1.62. The average Bonchev–Trinajstić information content (AvgIpc) is 2.79. The van der Waals surface area contributed by atoms with E-state index in [9.17, 15) is 9.18 Å². The van der Waals surface area contributed by atoms with Gasteiger partial charge in [-0.2, -0.15) is 4.98 Å². The number of hydrogen-bond acceptors (Lipinski definition) is 6. The number of rotatable bonds is 7. The second-order valence-corrected chi connectivity index (χ2v) is 6.90. The largest absolute Gasteiger partial charge is 0.476 e. The molecule has 4 aromatic rings. The van der Waals surface area contributed by atoms with Gasteiger partial charge >= 0.3 is 6.03 Å². The van der Waals surface area contributed by atoms with Crippen LogP contribution in [0.5, 0.6) is 5.88 Å². The quantitative estimate of drug-likeness (QED) is 0.400. The van der Waals surface area contributed by atoms with Gasteiger partial charge in [-0.1, -0.05) is 24.3 Å². The molecule has 0 aliphatic heterocycles. The fraction of sp³-hybridized carbons (Fsp3) is 0.130. The summed E-state index contributed by atoms with van der Waals surface area (Å²) in [4.78, 5) is 24.7. The molecule has 0 saturated carbocycles. The van der Waals surface area contributed by atoms with E-state index in [1.54, 1.807) is 24.3 Å². The highest BCUT2D eigenvalue weighted by Gasteiger charge is 2.12. The van der Waals surface area contributed by atoms with Crippen LogP contribution in [0.1, 0.15) is 12.5 Å². The second kappa shape index (κ2) is 9.25. The lowest BCUT2D eigenvalue weighted by molar-refractivity contribution is 0.259. The average molecular weight is 432 g/mol. The number of benzene rings is 2. The molecule has 0 atom stereocenters. The number of ether oxygens (including phenoxy) is 1. The molecule has 0 fully saturated rings. The number of nitrogens with zero attached hydrogens (tertiary/aromatic N) is 3. The van der Waals surface area contributed by atoms with Gasteiger partial charge in [-0.25, -0.2) is 19.2 Å². The summed E-state index contributed by atoms with van der Waals surface area (Å²) in [6, 6.07) is 16.4. The molecule has 4 N–H and O–H groups in total. The molecule has 0 saturated heterocycles. The van der Waals surface area contributed by atoms with Gasteiger partial charge in [0, 0.05) is 17.8 Å². The summed E-state index contributed by atoms with van der Waals surface area (Å²) in [6.45, 7) is 2.73. The van der Waals surface area contributed by atoms with Crippen molar-refractivity contribution in [1.82, 2.24) is 15.0 Å². The number of carbonyl (C=O) groups is 1. The molecule has 0 radical (unpaired) electrons. The smallest absolute Gasteiger partial charge is 0.316 e. The fourth-order valence-corrected chi connectivity index (χ4v) is 3.11. The van der Waals surface area contributed by atoms with Crippen molar-refractivity contribution in [2.24, 2.45) is 5.73 Å². The number of primary amides is 1. The molecule has 32 heavy (non-hydrogen) atoms. The Labute approximate surface area is 183 Å². The van der Waals surface area contributed by atoms with Crippen LogP contribution in [0.4, 0.5) is 20.8 Å². The van der Waals surface area contributed by atoms with Crippen LogP contribution in [0.15, 0.2) is 60.7 Å². The summed E-state index contributed by atoms with van der Waals surface area (Å²) < 4.78 is 18.8. The maximum absolute atomic E-state index is 13.1. The maximum atomic E-state index is 13.1. The molecule has 2 heterocycles. The molecule has 2 aromatic heterocycles. The van der Waals surface area contributed by atoms with E-state index in [1.807, 2.05) is 31.2 Å². The van der Waals surface area contributed by atoms with Gasteiger partial charge in [-0.3, -0.25) is 0 Å². The molecule has 2 aromatic carbocycles. The molecule has 4 rings (SSSR count). The molecule has 162 valence electrons. The molecule has 9 heteroatoms. The third-order valence-electron chi connectivity index (χ3n) is 4.60. The first-order valence-electron chi connectivity index (χ1n) is 9.98. The van der Waals surface area contributed by atoms with Crippen LogP contribution in [0.25, 0.3) is 22.3 Å². The second-order valence-electron chi connectivity index (χ2n) is 6.90. The van der Waals surface area contributed by atoms with Crippen molar-refractivity contribution in [3.8, 4) is 17.1 Å². The van der Waals surface area contributed by atoms with Gasteiger partial charge in [-0.05, 0) is 48.9 Å². The summed E-state index contributed by atoms with van der Waals surface area (Å²) >= 11 is 0. The van der Waals surface area contributed by atoms with Gasteiger partial charge in [-0.15, -0.1) is 0 Å². The monoisotopic (exact) mass is 432 g/mol. The van der Waals surface area contributed by atoms with E-state index in [-0.39, 0.29) is 5.82 Å². The maximum Gasteiger partial charge on any atom is 0.316 e. The minimum absolute atomic E-state index is 0.282. The lowest BCUT2D eigenvalue weighted by Gasteiger charge is -2.11. The number of hydrogen-bond donors (Lipinski definition) is 3. The lowest BCUT2D eigenvalue weighted by atomic mass is 10.1. The predicted molar refractivity (Wildman–Crippen MR) is 121 cm³/mol. The normalized spacial score (nSPS) is 10.7. The summed E-state index contributed by atoms with van der Waals surface area (Å²) in [5.41, 5.74) is 9.36. The van der Waals surface area contributed by atoms with Crippen LogP contribution in [0.2, 0.25) is 0 Å². The zero-order valence-electron chi connectivity index (χ0n) is 17.3. The Hall–Kier alpha value is -4.27. The van der Waals surface area contributed by atoms with Crippen molar-refractivity contribution >= 4 is 28.7 Å². The summed E-state index contributed by atoms with van der Waals surface area (Å²) in [7, 11) is 0. The molecule has 0 bridgehead atoms. The lowest BCUT2D eigenvalue weighted by Crippen LogP contribution is -2.19. The minimum Gasteiger partial charge on any atom is -0.476 e. The van der Waals surface area contributed by atoms with Gasteiger partial charge < -0.3 is 21.1 Å².